The van der Waals surface area contributed by atoms with E-state index in [1.165, 1.54) is 0 Å². The Balaban J connectivity index is 1.85. The number of para-hydroxylation sites is 2. The molecule has 4 rings (SSSR count). The molecule has 0 bridgehead atoms. The van der Waals surface area contributed by atoms with Gasteiger partial charge in [-0.1, -0.05) is 36.4 Å². The number of benzene rings is 2. The molecule has 96 valence electrons. The van der Waals surface area contributed by atoms with Gasteiger partial charge in [0.05, 0.1) is 0 Å². The number of rotatable bonds is 0. The minimum atomic E-state index is -0.983. The molecule has 2 aliphatic rings. The summed E-state index contributed by atoms with van der Waals surface area (Å²) in [5, 5.41) is 10.8. The quantitative estimate of drug-likeness (QED) is 0.785. The van der Waals surface area contributed by atoms with Gasteiger partial charge < -0.3 is 14.6 Å². The maximum absolute atomic E-state index is 10.8. The summed E-state index contributed by atoms with van der Waals surface area (Å²) in [5.41, 5.74) is 0.970. The summed E-state index contributed by atoms with van der Waals surface area (Å²) in [5.74, 6) is 1.66. The highest BCUT2D eigenvalue weighted by molar-refractivity contribution is 5.45. The van der Waals surface area contributed by atoms with Crippen molar-refractivity contribution in [3.05, 3.63) is 59.7 Å². The van der Waals surface area contributed by atoms with E-state index in [0.717, 1.165) is 22.6 Å². The minimum absolute atomic E-state index is 0.267. The molecule has 0 aliphatic carbocycles. The summed E-state index contributed by atoms with van der Waals surface area (Å²) in [7, 11) is 0. The topological polar surface area (TPSA) is 38.7 Å². The van der Waals surface area contributed by atoms with Gasteiger partial charge in [-0.25, -0.2) is 0 Å². The first-order valence-electron chi connectivity index (χ1n) is 6.45. The first kappa shape index (κ1) is 10.9. The van der Waals surface area contributed by atoms with Crippen LogP contribution in [0.15, 0.2) is 48.5 Å². The predicted molar refractivity (Wildman–Crippen MR) is 70.4 cm³/mol. The lowest BCUT2D eigenvalue weighted by atomic mass is 9.81. The summed E-state index contributed by atoms with van der Waals surface area (Å²) in [6.45, 7) is 0.267. The predicted octanol–water partition coefficient (Wildman–Crippen LogP) is 2.49. The maximum atomic E-state index is 10.8. The van der Waals surface area contributed by atoms with Gasteiger partial charge >= 0.3 is 0 Å². The third kappa shape index (κ3) is 1.55. The van der Waals surface area contributed by atoms with Crippen LogP contribution < -0.4 is 9.47 Å². The highest BCUT2D eigenvalue weighted by Crippen LogP contribution is 2.46. The third-order valence-electron chi connectivity index (χ3n) is 3.88. The molecule has 2 atom stereocenters. The Morgan fingerprint density at radius 2 is 1.74 bits per heavy atom. The van der Waals surface area contributed by atoms with Crippen molar-refractivity contribution in [3.8, 4) is 11.5 Å². The van der Waals surface area contributed by atoms with Crippen LogP contribution in [0, 0.1) is 0 Å². The van der Waals surface area contributed by atoms with Crippen molar-refractivity contribution in [2.75, 3.05) is 6.61 Å². The molecule has 19 heavy (non-hydrogen) atoms. The molecule has 0 aromatic heterocycles. The van der Waals surface area contributed by atoms with Crippen LogP contribution in [-0.4, -0.2) is 17.3 Å². The third-order valence-corrected chi connectivity index (χ3v) is 3.88. The fourth-order valence-corrected chi connectivity index (χ4v) is 2.93. The highest BCUT2D eigenvalue weighted by Gasteiger charge is 2.48. The molecule has 1 N–H and O–H groups in total. The Labute approximate surface area is 111 Å². The fourth-order valence-electron chi connectivity index (χ4n) is 2.93. The van der Waals surface area contributed by atoms with Crippen molar-refractivity contribution in [3.63, 3.8) is 0 Å². The van der Waals surface area contributed by atoms with Crippen LogP contribution in [0.3, 0.4) is 0 Å². The average Bonchev–Trinajstić information content (AvgIpc) is 2.45. The van der Waals surface area contributed by atoms with Crippen LogP contribution in [0.5, 0.6) is 11.5 Å². The summed E-state index contributed by atoms with van der Waals surface area (Å²) in [6, 6.07) is 15.6. The molecule has 0 saturated heterocycles. The highest BCUT2D eigenvalue weighted by atomic mass is 16.5. The van der Waals surface area contributed by atoms with Crippen LogP contribution in [0.1, 0.15) is 17.2 Å². The molecule has 0 radical (unpaired) electrons. The Kier molecular flexibility index (Phi) is 2.15. The van der Waals surface area contributed by atoms with Gasteiger partial charge in [-0.05, 0) is 17.7 Å². The van der Waals surface area contributed by atoms with Crippen molar-refractivity contribution in [1.29, 1.82) is 0 Å². The molecule has 2 aromatic rings. The van der Waals surface area contributed by atoms with E-state index in [9.17, 15) is 5.11 Å². The van der Waals surface area contributed by atoms with Gasteiger partial charge in [-0.3, -0.25) is 0 Å². The monoisotopic (exact) mass is 254 g/mol. The Bertz CT molecular complexity index is 637. The first-order valence-corrected chi connectivity index (χ1v) is 6.45. The van der Waals surface area contributed by atoms with Crippen molar-refractivity contribution in [2.24, 2.45) is 0 Å². The number of fused-ring (bicyclic) bond motifs is 4. The van der Waals surface area contributed by atoms with Gasteiger partial charge in [-0.15, -0.1) is 0 Å². The molecule has 0 unspecified atom stereocenters. The molecule has 2 aromatic carbocycles. The molecule has 0 fully saturated rings. The first-order chi connectivity index (χ1) is 9.26. The van der Waals surface area contributed by atoms with E-state index in [-0.39, 0.29) is 12.7 Å². The molecule has 0 amide bonds. The Morgan fingerprint density at radius 3 is 2.63 bits per heavy atom. The van der Waals surface area contributed by atoms with Crippen LogP contribution >= 0.6 is 0 Å². The minimum Gasteiger partial charge on any atom is -0.490 e. The summed E-state index contributed by atoms with van der Waals surface area (Å²) >= 11 is 0. The van der Waals surface area contributed by atoms with E-state index < -0.39 is 5.60 Å². The number of ether oxygens (including phenoxy) is 2. The molecule has 2 heterocycles. The molecule has 0 saturated carbocycles. The standard InChI is InChI=1S/C16H14O3/c17-16-9-11-5-1-3-7-13(11)19-15(16)12-6-2-4-8-14(12)18-10-16/h1-8,15,17H,9-10H2/t15-,16-/m1/s1. The lowest BCUT2D eigenvalue weighted by Crippen LogP contribution is -2.51. The fraction of sp³-hybridized carbons (Fsp3) is 0.250. The lowest BCUT2D eigenvalue weighted by molar-refractivity contribution is -0.113. The normalized spacial score (nSPS) is 27.3. The zero-order valence-corrected chi connectivity index (χ0v) is 10.4. The smallest absolute Gasteiger partial charge is 0.160 e. The van der Waals surface area contributed by atoms with E-state index in [4.69, 9.17) is 9.47 Å². The second kappa shape index (κ2) is 3.75. The number of aliphatic hydroxyl groups is 1. The zero-order chi connectivity index (χ0) is 12.9. The van der Waals surface area contributed by atoms with Gasteiger partial charge in [0, 0.05) is 12.0 Å². The van der Waals surface area contributed by atoms with E-state index in [2.05, 4.69) is 0 Å². The molecule has 0 spiro atoms. The van der Waals surface area contributed by atoms with Gasteiger partial charge in [0.25, 0.3) is 0 Å². The summed E-state index contributed by atoms with van der Waals surface area (Å²) in [6.07, 6.45) is 0.203. The molecular formula is C16H14O3. The zero-order valence-electron chi connectivity index (χ0n) is 10.4. The summed E-state index contributed by atoms with van der Waals surface area (Å²) < 4.78 is 11.7. The second-order valence-electron chi connectivity index (χ2n) is 5.21. The molecule has 3 heteroatoms. The van der Waals surface area contributed by atoms with Crippen molar-refractivity contribution in [1.82, 2.24) is 0 Å². The number of hydrogen-bond donors (Lipinski definition) is 1. The average molecular weight is 254 g/mol. The van der Waals surface area contributed by atoms with Gasteiger partial charge in [0.2, 0.25) is 0 Å². The van der Waals surface area contributed by atoms with Gasteiger partial charge in [0.15, 0.2) is 6.10 Å². The van der Waals surface area contributed by atoms with Crippen molar-refractivity contribution in [2.45, 2.75) is 18.1 Å². The van der Waals surface area contributed by atoms with E-state index in [1.54, 1.807) is 0 Å². The molecule has 2 aliphatic heterocycles. The second-order valence-corrected chi connectivity index (χ2v) is 5.21. The molecule has 3 nitrogen and oxygen atoms in total. The lowest BCUT2D eigenvalue weighted by Gasteiger charge is -2.44. The van der Waals surface area contributed by atoms with E-state index in [0.29, 0.717) is 6.42 Å². The van der Waals surface area contributed by atoms with E-state index in [1.807, 2.05) is 48.5 Å². The number of hydrogen-bond acceptors (Lipinski definition) is 3. The van der Waals surface area contributed by atoms with Gasteiger partial charge in [0.1, 0.15) is 23.7 Å². The molecular weight excluding hydrogens is 240 g/mol. The SMILES string of the molecule is O[C@]12COc3ccccc3[C@H]1Oc1ccccc1C2. The van der Waals surface area contributed by atoms with Crippen LogP contribution in [0.2, 0.25) is 0 Å². The largest absolute Gasteiger partial charge is 0.490 e. The van der Waals surface area contributed by atoms with E-state index >= 15 is 0 Å². The van der Waals surface area contributed by atoms with Crippen LogP contribution in [0.25, 0.3) is 0 Å². The van der Waals surface area contributed by atoms with Crippen molar-refractivity contribution >= 4 is 0 Å². The van der Waals surface area contributed by atoms with Crippen LogP contribution in [-0.2, 0) is 6.42 Å². The Hall–Kier alpha value is -2.00. The maximum Gasteiger partial charge on any atom is 0.160 e. The summed E-state index contributed by atoms with van der Waals surface area (Å²) in [4.78, 5) is 0. The Morgan fingerprint density at radius 1 is 1.00 bits per heavy atom. The van der Waals surface area contributed by atoms with Crippen molar-refractivity contribution < 1.29 is 14.6 Å². The van der Waals surface area contributed by atoms with Gasteiger partial charge in [-0.2, -0.15) is 0 Å². The van der Waals surface area contributed by atoms with Crippen LogP contribution in [0.4, 0.5) is 0 Å².